The lowest BCUT2D eigenvalue weighted by Gasteiger charge is -2.08. The molecule has 1 aromatic heterocycles. The molecule has 1 aromatic carbocycles. The first-order chi connectivity index (χ1) is 10.5. The van der Waals surface area contributed by atoms with E-state index in [2.05, 4.69) is 36.0 Å². The molecule has 2 aromatic rings. The van der Waals surface area contributed by atoms with Gasteiger partial charge in [0.15, 0.2) is 5.16 Å². The Hall–Kier alpha value is -1.34. The van der Waals surface area contributed by atoms with Crippen LogP contribution in [0.1, 0.15) is 30.3 Å². The third kappa shape index (κ3) is 3.52. The number of halogens is 1. The lowest BCUT2D eigenvalue weighted by molar-refractivity contribution is -0.113. The van der Waals surface area contributed by atoms with Gasteiger partial charge in [-0.3, -0.25) is 4.79 Å². The normalized spacial score (nSPS) is 14.1. The molecule has 1 amide bonds. The monoisotopic (exact) mass is 380 g/mol. The average molecular weight is 381 g/mol. The molecule has 22 heavy (non-hydrogen) atoms. The lowest BCUT2D eigenvalue weighted by atomic mass is 10.2. The number of nitrogens with zero attached hydrogens (tertiary/aromatic N) is 3. The maximum Gasteiger partial charge on any atom is 0.234 e. The van der Waals surface area contributed by atoms with Crippen LogP contribution in [0.3, 0.4) is 0 Å². The van der Waals surface area contributed by atoms with Crippen LogP contribution in [0.15, 0.2) is 27.8 Å². The summed E-state index contributed by atoms with van der Waals surface area (Å²) in [4.78, 5) is 12.1. The molecule has 1 heterocycles. The van der Waals surface area contributed by atoms with Crippen LogP contribution in [0.25, 0.3) is 0 Å². The largest absolute Gasteiger partial charge is 0.325 e. The number of nitrogens with one attached hydrogen (secondary N) is 1. The predicted octanol–water partition coefficient (Wildman–Crippen LogP) is 3.72. The first-order valence-corrected chi connectivity index (χ1v) is 8.93. The van der Waals surface area contributed by atoms with Gasteiger partial charge in [-0.1, -0.05) is 27.7 Å². The van der Waals surface area contributed by atoms with Crippen molar-refractivity contribution in [2.45, 2.75) is 37.9 Å². The highest BCUT2D eigenvalue weighted by Crippen LogP contribution is 2.38. The summed E-state index contributed by atoms with van der Waals surface area (Å²) in [5.41, 5.74) is 1.90. The minimum Gasteiger partial charge on any atom is -0.325 e. The van der Waals surface area contributed by atoms with E-state index in [0.717, 1.165) is 26.7 Å². The summed E-state index contributed by atoms with van der Waals surface area (Å²) in [6, 6.07) is 6.29. The Bertz CT molecular complexity index is 712. The number of carbonyl (C=O) groups excluding carboxylic acids is 1. The first-order valence-electron chi connectivity index (χ1n) is 7.15. The van der Waals surface area contributed by atoms with Gasteiger partial charge in [0.25, 0.3) is 0 Å². The van der Waals surface area contributed by atoms with Crippen molar-refractivity contribution in [1.82, 2.24) is 14.8 Å². The molecule has 1 saturated carbocycles. The van der Waals surface area contributed by atoms with Crippen LogP contribution in [0.4, 0.5) is 5.69 Å². The summed E-state index contributed by atoms with van der Waals surface area (Å²) in [6.07, 6.45) is 2.35. The summed E-state index contributed by atoms with van der Waals surface area (Å²) in [6.45, 7) is 3.95. The maximum atomic E-state index is 12.1. The Kier molecular flexibility index (Phi) is 4.54. The van der Waals surface area contributed by atoms with Crippen LogP contribution < -0.4 is 5.32 Å². The highest BCUT2D eigenvalue weighted by molar-refractivity contribution is 9.10. The number of hydrogen-bond donors (Lipinski definition) is 1. The molecule has 0 aliphatic heterocycles. The van der Waals surface area contributed by atoms with Crippen molar-refractivity contribution in [3.8, 4) is 0 Å². The molecule has 3 rings (SSSR count). The standard InChI is InChI=1S/C15H17BrN4OS/c1-9-7-11(3-6-13(9)16)17-14(21)8-22-15-19-18-10(2)20(15)12-4-5-12/h3,6-7,12H,4-5,8H2,1-2H3,(H,17,21). The first kappa shape index (κ1) is 15.6. The van der Waals surface area contributed by atoms with E-state index in [-0.39, 0.29) is 5.91 Å². The van der Waals surface area contributed by atoms with Crippen molar-refractivity contribution >= 4 is 39.3 Å². The number of aryl methyl sites for hydroxylation is 2. The zero-order valence-electron chi connectivity index (χ0n) is 12.5. The zero-order valence-corrected chi connectivity index (χ0v) is 14.9. The topological polar surface area (TPSA) is 59.8 Å². The molecule has 1 N–H and O–H groups in total. The van der Waals surface area contributed by atoms with Crippen LogP contribution in [-0.4, -0.2) is 26.4 Å². The number of amides is 1. The van der Waals surface area contributed by atoms with E-state index >= 15 is 0 Å². The van der Waals surface area contributed by atoms with Gasteiger partial charge >= 0.3 is 0 Å². The second-order valence-electron chi connectivity index (χ2n) is 5.43. The number of carbonyl (C=O) groups is 1. The number of anilines is 1. The third-order valence-corrected chi connectivity index (χ3v) is 5.35. The number of rotatable bonds is 5. The van der Waals surface area contributed by atoms with Gasteiger partial charge in [0.2, 0.25) is 5.91 Å². The molecule has 0 radical (unpaired) electrons. The SMILES string of the molecule is Cc1cc(NC(=O)CSc2nnc(C)n2C2CC2)ccc1Br. The van der Waals surface area contributed by atoms with E-state index in [4.69, 9.17) is 0 Å². The van der Waals surface area contributed by atoms with E-state index in [9.17, 15) is 4.79 Å². The highest BCUT2D eigenvalue weighted by atomic mass is 79.9. The fourth-order valence-electron chi connectivity index (χ4n) is 2.25. The minimum atomic E-state index is -0.0327. The van der Waals surface area contributed by atoms with Crippen molar-refractivity contribution < 1.29 is 4.79 Å². The smallest absolute Gasteiger partial charge is 0.234 e. The molecule has 0 atom stereocenters. The predicted molar refractivity (Wildman–Crippen MR) is 91.3 cm³/mol. The van der Waals surface area contributed by atoms with Crippen LogP contribution in [0, 0.1) is 13.8 Å². The van der Waals surface area contributed by atoms with Crippen LogP contribution in [-0.2, 0) is 4.79 Å². The second kappa shape index (κ2) is 6.42. The molecule has 1 aliphatic carbocycles. The fourth-order valence-corrected chi connectivity index (χ4v) is 3.35. The fraction of sp³-hybridized carbons (Fsp3) is 0.400. The molecule has 1 aliphatic rings. The Morgan fingerprint density at radius 3 is 2.86 bits per heavy atom. The number of thioether (sulfide) groups is 1. The Morgan fingerprint density at radius 1 is 1.41 bits per heavy atom. The van der Waals surface area contributed by atoms with Crippen molar-refractivity contribution in [2.75, 3.05) is 11.1 Å². The third-order valence-electron chi connectivity index (χ3n) is 3.52. The van der Waals surface area contributed by atoms with Crippen LogP contribution >= 0.6 is 27.7 Å². The van der Waals surface area contributed by atoms with E-state index in [1.54, 1.807) is 0 Å². The van der Waals surface area contributed by atoms with Gasteiger partial charge in [0, 0.05) is 16.2 Å². The molecule has 116 valence electrons. The molecule has 1 fully saturated rings. The quantitative estimate of drug-likeness (QED) is 0.802. The van der Waals surface area contributed by atoms with Gasteiger partial charge in [0.05, 0.1) is 5.75 Å². The van der Waals surface area contributed by atoms with Gasteiger partial charge < -0.3 is 9.88 Å². The molecule has 0 saturated heterocycles. The van der Waals surface area contributed by atoms with E-state index in [1.807, 2.05) is 32.0 Å². The molecule has 0 unspecified atom stereocenters. The van der Waals surface area contributed by atoms with Crippen molar-refractivity contribution in [1.29, 1.82) is 0 Å². The summed E-state index contributed by atoms with van der Waals surface area (Å²) in [5.74, 6) is 1.23. The molecule has 5 nitrogen and oxygen atoms in total. The maximum absolute atomic E-state index is 12.1. The average Bonchev–Trinajstić information content (AvgIpc) is 3.24. The summed E-state index contributed by atoms with van der Waals surface area (Å²) in [7, 11) is 0. The highest BCUT2D eigenvalue weighted by Gasteiger charge is 2.28. The number of aromatic nitrogens is 3. The van der Waals surface area contributed by atoms with Gasteiger partial charge in [0.1, 0.15) is 5.82 Å². The summed E-state index contributed by atoms with van der Waals surface area (Å²) >= 11 is 4.89. The number of benzene rings is 1. The van der Waals surface area contributed by atoms with Crippen molar-refractivity contribution in [3.63, 3.8) is 0 Å². The van der Waals surface area contributed by atoms with Gasteiger partial charge in [-0.2, -0.15) is 0 Å². The van der Waals surface area contributed by atoms with Gasteiger partial charge in [-0.15, -0.1) is 10.2 Å². The molecular formula is C15H17BrN4OS. The van der Waals surface area contributed by atoms with Crippen molar-refractivity contribution in [3.05, 3.63) is 34.1 Å². The number of hydrogen-bond acceptors (Lipinski definition) is 4. The van der Waals surface area contributed by atoms with Crippen molar-refractivity contribution in [2.24, 2.45) is 0 Å². The molecule has 0 bridgehead atoms. The van der Waals surface area contributed by atoms with E-state index < -0.39 is 0 Å². The van der Waals surface area contributed by atoms with E-state index in [1.165, 1.54) is 24.6 Å². The summed E-state index contributed by atoms with van der Waals surface area (Å²) < 4.78 is 3.18. The van der Waals surface area contributed by atoms with Crippen LogP contribution in [0.5, 0.6) is 0 Å². The second-order valence-corrected chi connectivity index (χ2v) is 7.23. The lowest BCUT2D eigenvalue weighted by Crippen LogP contribution is -2.14. The molecular weight excluding hydrogens is 364 g/mol. The van der Waals surface area contributed by atoms with Crippen LogP contribution in [0.2, 0.25) is 0 Å². The van der Waals surface area contributed by atoms with Gasteiger partial charge in [-0.05, 0) is 50.5 Å². The molecule has 7 heteroatoms. The zero-order chi connectivity index (χ0) is 15.7. The van der Waals surface area contributed by atoms with E-state index in [0.29, 0.717) is 11.8 Å². The van der Waals surface area contributed by atoms with Gasteiger partial charge in [-0.25, -0.2) is 0 Å². The Labute approximate surface area is 142 Å². The Balaban J connectivity index is 1.59. The summed E-state index contributed by atoms with van der Waals surface area (Å²) in [5, 5.41) is 12.0. The minimum absolute atomic E-state index is 0.0327. The molecule has 0 spiro atoms. The Morgan fingerprint density at radius 2 is 2.18 bits per heavy atom.